The number of imidazole rings is 1. The molecule has 3 aromatic heterocycles. The summed E-state index contributed by atoms with van der Waals surface area (Å²) >= 11 is 0. The molecule has 5 nitrogen and oxygen atoms in total. The Balaban J connectivity index is 1.35. The van der Waals surface area contributed by atoms with Crippen LogP contribution in [0.4, 0.5) is 5.82 Å². The maximum Gasteiger partial charge on any atom is 0.137 e. The van der Waals surface area contributed by atoms with Gasteiger partial charge < -0.3 is 10.6 Å². The monoisotopic (exact) mass is 345 g/mol. The first-order valence-electron chi connectivity index (χ1n) is 9.73. The number of nitrogens with one attached hydrogen (secondary N) is 2. The molecule has 1 atom stereocenters. The van der Waals surface area contributed by atoms with Crippen LogP contribution in [0.15, 0.2) is 42.7 Å². The van der Waals surface area contributed by atoms with E-state index >= 15 is 0 Å². The van der Waals surface area contributed by atoms with Crippen molar-refractivity contribution in [3.05, 3.63) is 48.3 Å². The van der Waals surface area contributed by atoms with E-state index in [9.17, 15) is 0 Å². The lowest BCUT2D eigenvalue weighted by atomic mass is 10.0. The van der Waals surface area contributed by atoms with Crippen LogP contribution in [0.5, 0.6) is 0 Å². The van der Waals surface area contributed by atoms with Gasteiger partial charge in [-0.15, -0.1) is 0 Å². The fraction of sp³-hybridized carbons (Fsp3) is 0.429. The number of nitrogens with zero attached hydrogens (tertiary/aromatic N) is 3. The van der Waals surface area contributed by atoms with E-state index < -0.39 is 0 Å². The van der Waals surface area contributed by atoms with Crippen molar-refractivity contribution in [1.29, 1.82) is 0 Å². The van der Waals surface area contributed by atoms with Gasteiger partial charge in [0.1, 0.15) is 11.5 Å². The van der Waals surface area contributed by atoms with Crippen LogP contribution >= 0.6 is 0 Å². The number of aromatic nitrogens is 3. The van der Waals surface area contributed by atoms with Gasteiger partial charge in [-0.3, -0.25) is 4.40 Å². The van der Waals surface area contributed by atoms with Crippen molar-refractivity contribution in [2.45, 2.75) is 37.6 Å². The average molecular weight is 345 g/mol. The lowest BCUT2D eigenvalue weighted by Crippen LogP contribution is -2.29. The molecule has 2 saturated carbocycles. The van der Waals surface area contributed by atoms with Crippen LogP contribution in [0.1, 0.15) is 37.2 Å². The van der Waals surface area contributed by atoms with E-state index in [-0.39, 0.29) is 0 Å². The van der Waals surface area contributed by atoms with Gasteiger partial charge in [-0.05, 0) is 55.4 Å². The van der Waals surface area contributed by atoms with E-state index in [1.54, 1.807) is 0 Å². The van der Waals surface area contributed by atoms with E-state index in [4.69, 9.17) is 4.98 Å². The highest BCUT2D eigenvalue weighted by molar-refractivity contribution is 5.62. The maximum absolute atomic E-state index is 4.91. The van der Waals surface area contributed by atoms with Gasteiger partial charge in [0.2, 0.25) is 0 Å². The minimum atomic E-state index is 0.472. The Kier molecular flexibility index (Phi) is 3.00. The van der Waals surface area contributed by atoms with Gasteiger partial charge in [-0.1, -0.05) is 12.1 Å². The van der Waals surface area contributed by atoms with Crippen molar-refractivity contribution in [3.63, 3.8) is 0 Å². The number of fused-ring (bicyclic) bond motifs is 1. The molecule has 4 heterocycles. The summed E-state index contributed by atoms with van der Waals surface area (Å²) in [5.41, 5.74) is 4.92. The van der Waals surface area contributed by atoms with Gasteiger partial charge in [0.25, 0.3) is 0 Å². The predicted octanol–water partition coefficient (Wildman–Crippen LogP) is 3.44. The first-order chi connectivity index (χ1) is 12.8. The molecule has 26 heavy (non-hydrogen) atoms. The molecule has 5 heteroatoms. The molecule has 1 unspecified atom stereocenters. The summed E-state index contributed by atoms with van der Waals surface area (Å²) in [7, 11) is 0. The lowest BCUT2D eigenvalue weighted by Gasteiger charge is -2.19. The van der Waals surface area contributed by atoms with Crippen LogP contribution in [-0.2, 0) is 0 Å². The largest absolute Gasteiger partial charge is 0.365 e. The molecule has 3 fully saturated rings. The Hall–Kier alpha value is -2.40. The highest BCUT2D eigenvalue weighted by Gasteiger charge is 2.52. The van der Waals surface area contributed by atoms with Crippen LogP contribution in [0.2, 0.25) is 0 Å². The summed E-state index contributed by atoms with van der Waals surface area (Å²) in [6.45, 7) is 2.17. The molecule has 0 aromatic carbocycles. The highest BCUT2D eigenvalue weighted by Crippen LogP contribution is 2.51. The number of pyridine rings is 2. The van der Waals surface area contributed by atoms with Gasteiger partial charge in [0.05, 0.1) is 17.6 Å². The number of rotatable bonds is 4. The molecule has 3 aliphatic rings. The predicted molar refractivity (Wildman–Crippen MR) is 102 cm³/mol. The van der Waals surface area contributed by atoms with Crippen molar-refractivity contribution in [2.75, 3.05) is 18.4 Å². The third kappa shape index (κ3) is 2.34. The molecular formula is C21H23N5. The van der Waals surface area contributed by atoms with Crippen molar-refractivity contribution < 1.29 is 0 Å². The summed E-state index contributed by atoms with van der Waals surface area (Å²) in [4.78, 5) is 9.49. The van der Waals surface area contributed by atoms with Crippen molar-refractivity contribution >= 4 is 11.5 Å². The second kappa shape index (κ2) is 5.30. The number of hydrogen-bond donors (Lipinski definition) is 2. The van der Waals surface area contributed by atoms with Gasteiger partial charge in [-0.25, -0.2) is 9.97 Å². The maximum atomic E-state index is 4.91. The summed E-state index contributed by atoms with van der Waals surface area (Å²) in [6.07, 6.45) is 9.46. The van der Waals surface area contributed by atoms with Gasteiger partial charge in [-0.2, -0.15) is 0 Å². The Bertz CT molecular complexity index is 983. The molecule has 0 amide bonds. The van der Waals surface area contributed by atoms with E-state index in [1.807, 2.05) is 6.20 Å². The fourth-order valence-corrected chi connectivity index (χ4v) is 4.38. The first-order valence-corrected chi connectivity index (χ1v) is 9.73. The molecule has 1 aliphatic heterocycles. The molecule has 2 aliphatic carbocycles. The topological polar surface area (TPSA) is 54.2 Å². The van der Waals surface area contributed by atoms with Gasteiger partial charge in [0, 0.05) is 30.7 Å². The minimum Gasteiger partial charge on any atom is -0.365 e. The second-order valence-corrected chi connectivity index (χ2v) is 8.21. The summed E-state index contributed by atoms with van der Waals surface area (Å²) in [5.74, 6) is 1.70. The highest BCUT2D eigenvalue weighted by atomic mass is 15.1. The second-order valence-electron chi connectivity index (χ2n) is 8.21. The Morgan fingerprint density at radius 2 is 2.08 bits per heavy atom. The third-order valence-electron chi connectivity index (χ3n) is 6.37. The smallest absolute Gasteiger partial charge is 0.137 e. The van der Waals surface area contributed by atoms with Crippen LogP contribution in [0.25, 0.3) is 17.0 Å². The molecular weight excluding hydrogens is 322 g/mol. The number of anilines is 1. The Morgan fingerprint density at radius 3 is 2.92 bits per heavy atom. The normalized spacial score (nSPS) is 23.6. The molecule has 6 rings (SSSR count). The zero-order chi connectivity index (χ0) is 17.1. The van der Waals surface area contributed by atoms with Gasteiger partial charge >= 0.3 is 0 Å². The molecule has 2 N–H and O–H groups in total. The Morgan fingerprint density at radius 1 is 1.15 bits per heavy atom. The number of hydrogen-bond acceptors (Lipinski definition) is 4. The summed E-state index contributed by atoms with van der Waals surface area (Å²) in [6, 6.07) is 11.1. The van der Waals surface area contributed by atoms with E-state index in [0.717, 1.165) is 41.9 Å². The standard InChI is InChI=1S/C21H23N5/c1-2-16(24-19(3-1)25-18-11-22-13-21(18)8-9-21)17-10-23-20-7-6-15(12-26(17)20)14-4-5-14/h1-3,6-7,10,12,14,18,22H,4-5,8-9,11,13H2,(H,24,25). The van der Waals surface area contributed by atoms with Crippen LogP contribution in [-0.4, -0.2) is 33.5 Å². The minimum absolute atomic E-state index is 0.472. The van der Waals surface area contributed by atoms with Crippen molar-refractivity contribution in [2.24, 2.45) is 5.41 Å². The van der Waals surface area contributed by atoms with Crippen LogP contribution in [0.3, 0.4) is 0 Å². The zero-order valence-electron chi connectivity index (χ0n) is 14.8. The molecule has 1 spiro atoms. The molecule has 0 radical (unpaired) electrons. The average Bonchev–Trinajstić information content (AvgIpc) is 3.57. The first kappa shape index (κ1) is 14.7. The van der Waals surface area contributed by atoms with E-state index in [1.165, 1.54) is 31.2 Å². The fourth-order valence-electron chi connectivity index (χ4n) is 4.38. The summed E-state index contributed by atoms with van der Waals surface area (Å²) in [5, 5.41) is 7.21. The van der Waals surface area contributed by atoms with Crippen LogP contribution < -0.4 is 10.6 Å². The van der Waals surface area contributed by atoms with Crippen molar-refractivity contribution in [1.82, 2.24) is 19.7 Å². The van der Waals surface area contributed by atoms with E-state index in [2.05, 4.69) is 56.5 Å². The quantitative estimate of drug-likeness (QED) is 0.761. The molecule has 1 saturated heterocycles. The SMILES string of the molecule is c1cc(NC2CNCC23CC3)nc(-c2cnc3ccc(C4CC4)cn23)c1. The lowest BCUT2D eigenvalue weighted by molar-refractivity contribution is 0.523. The molecule has 3 aromatic rings. The Labute approximate surface area is 152 Å². The summed E-state index contributed by atoms with van der Waals surface area (Å²) < 4.78 is 2.19. The van der Waals surface area contributed by atoms with E-state index in [0.29, 0.717) is 11.5 Å². The molecule has 0 bridgehead atoms. The third-order valence-corrected chi connectivity index (χ3v) is 6.37. The molecule has 132 valence electrons. The van der Waals surface area contributed by atoms with Gasteiger partial charge in [0.15, 0.2) is 0 Å². The zero-order valence-corrected chi connectivity index (χ0v) is 14.8. The van der Waals surface area contributed by atoms with Crippen molar-refractivity contribution in [3.8, 4) is 11.4 Å². The van der Waals surface area contributed by atoms with Crippen LogP contribution in [0, 0.1) is 5.41 Å².